The molecule has 1 aromatic heterocycles. The van der Waals surface area contributed by atoms with Crippen molar-refractivity contribution in [2.24, 2.45) is 5.92 Å². The highest BCUT2D eigenvalue weighted by Gasteiger charge is 2.33. The van der Waals surface area contributed by atoms with E-state index < -0.39 is 11.9 Å². The third-order valence-corrected chi connectivity index (χ3v) is 3.09. The largest absolute Gasteiger partial charge is 0.463 e. The number of hydrogen-bond donors (Lipinski definition) is 0. The van der Waals surface area contributed by atoms with Crippen molar-refractivity contribution >= 4 is 0 Å². The van der Waals surface area contributed by atoms with Crippen molar-refractivity contribution in [1.82, 2.24) is 14.9 Å². The van der Waals surface area contributed by atoms with Gasteiger partial charge in [-0.3, -0.25) is 0 Å². The number of hydrogen-bond acceptors (Lipinski definition) is 4. The summed E-state index contributed by atoms with van der Waals surface area (Å²) < 4.78 is 42.7. The molecule has 0 aromatic carbocycles. The Morgan fingerprint density at radius 1 is 1.47 bits per heavy atom. The summed E-state index contributed by atoms with van der Waals surface area (Å²) in [5, 5.41) is 0. The molecule has 1 unspecified atom stereocenters. The van der Waals surface area contributed by atoms with Gasteiger partial charge in [-0.25, -0.2) is 4.98 Å². The van der Waals surface area contributed by atoms with Crippen LogP contribution in [0, 0.1) is 5.92 Å². The average Bonchev–Trinajstić information content (AvgIpc) is 2.36. The lowest BCUT2D eigenvalue weighted by Gasteiger charge is -2.29. The molecule has 0 radical (unpaired) electrons. The molecule has 0 aliphatic carbocycles. The number of ether oxygens (including phenoxy) is 1. The Labute approximate surface area is 109 Å². The van der Waals surface area contributed by atoms with Crippen LogP contribution in [0.1, 0.15) is 18.5 Å². The molecule has 1 aliphatic heterocycles. The predicted molar refractivity (Wildman–Crippen MR) is 62.8 cm³/mol. The topological polar surface area (TPSA) is 38.2 Å². The van der Waals surface area contributed by atoms with Crippen LogP contribution in [0.3, 0.4) is 0 Å². The van der Waals surface area contributed by atoms with Crippen LogP contribution in [0.4, 0.5) is 13.2 Å². The number of halogens is 3. The Bertz CT molecular complexity index is 425. The molecule has 0 bridgehead atoms. The van der Waals surface area contributed by atoms with Gasteiger partial charge in [-0.2, -0.15) is 18.2 Å². The van der Waals surface area contributed by atoms with Crippen LogP contribution >= 0.6 is 0 Å². The van der Waals surface area contributed by atoms with Crippen molar-refractivity contribution in [3.63, 3.8) is 0 Å². The highest BCUT2D eigenvalue weighted by molar-refractivity contribution is 5.08. The van der Waals surface area contributed by atoms with Gasteiger partial charge in [-0.1, -0.05) is 0 Å². The standard InChI is InChI=1S/C12H16F3N3O/c1-18-6-2-3-9(7-18)8-19-11-16-5-4-10(17-11)12(13,14)15/h4-5,9H,2-3,6-8H2,1H3. The predicted octanol–water partition coefficient (Wildman–Crippen LogP) is 2.22. The van der Waals surface area contributed by atoms with Crippen LogP contribution in [0.5, 0.6) is 6.01 Å². The maximum atomic E-state index is 12.5. The average molecular weight is 275 g/mol. The van der Waals surface area contributed by atoms with Gasteiger partial charge in [0.15, 0.2) is 5.69 Å². The molecule has 1 aliphatic rings. The Kier molecular flexibility index (Phi) is 4.24. The van der Waals surface area contributed by atoms with Gasteiger partial charge in [-0.05, 0) is 32.5 Å². The first kappa shape index (κ1) is 14.0. The van der Waals surface area contributed by atoms with Crippen LogP contribution in [-0.2, 0) is 6.18 Å². The van der Waals surface area contributed by atoms with Crippen LogP contribution in [-0.4, -0.2) is 41.6 Å². The van der Waals surface area contributed by atoms with Crippen LogP contribution in [0.15, 0.2) is 12.3 Å². The second-order valence-corrected chi connectivity index (χ2v) is 4.80. The maximum Gasteiger partial charge on any atom is 0.433 e. The minimum atomic E-state index is -4.47. The Morgan fingerprint density at radius 3 is 2.95 bits per heavy atom. The molecule has 1 fully saturated rings. The fraction of sp³-hybridized carbons (Fsp3) is 0.667. The lowest BCUT2D eigenvalue weighted by Crippen LogP contribution is -2.35. The fourth-order valence-corrected chi connectivity index (χ4v) is 2.17. The molecule has 0 saturated carbocycles. The van der Waals surface area contributed by atoms with Crippen molar-refractivity contribution in [1.29, 1.82) is 0 Å². The van der Waals surface area contributed by atoms with Crippen LogP contribution in [0.25, 0.3) is 0 Å². The molecule has 0 N–H and O–H groups in total. The Morgan fingerprint density at radius 2 is 2.26 bits per heavy atom. The van der Waals surface area contributed by atoms with E-state index in [1.54, 1.807) is 0 Å². The number of alkyl halides is 3. The first-order valence-electron chi connectivity index (χ1n) is 6.17. The third-order valence-electron chi connectivity index (χ3n) is 3.09. The number of aromatic nitrogens is 2. The summed E-state index contributed by atoms with van der Waals surface area (Å²) in [6, 6.07) is 0.629. The van der Waals surface area contributed by atoms with Crippen LogP contribution in [0.2, 0.25) is 0 Å². The van der Waals surface area contributed by atoms with Gasteiger partial charge in [0.2, 0.25) is 0 Å². The molecule has 106 valence electrons. The summed E-state index contributed by atoms with van der Waals surface area (Å²) in [7, 11) is 2.02. The zero-order valence-electron chi connectivity index (χ0n) is 10.7. The van der Waals surface area contributed by atoms with Crippen LogP contribution < -0.4 is 4.74 Å². The van der Waals surface area contributed by atoms with Gasteiger partial charge in [0.1, 0.15) is 0 Å². The Balaban J connectivity index is 1.92. The second kappa shape index (κ2) is 5.73. The van der Waals surface area contributed by atoms with E-state index in [1.165, 1.54) is 0 Å². The molecular formula is C12H16F3N3O. The van der Waals surface area contributed by atoms with Gasteiger partial charge >= 0.3 is 12.2 Å². The lowest BCUT2D eigenvalue weighted by molar-refractivity contribution is -0.141. The highest BCUT2D eigenvalue weighted by Crippen LogP contribution is 2.28. The van der Waals surface area contributed by atoms with E-state index in [2.05, 4.69) is 14.9 Å². The smallest absolute Gasteiger partial charge is 0.433 e. The van der Waals surface area contributed by atoms with Gasteiger partial charge in [0.25, 0.3) is 0 Å². The van der Waals surface area contributed by atoms with Gasteiger partial charge in [0.05, 0.1) is 6.61 Å². The lowest BCUT2D eigenvalue weighted by atomic mass is 10.00. The van der Waals surface area contributed by atoms with E-state index in [9.17, 15) is 13.2 Å². The summed E-state index contributed by atoms with van der Waals surface area (Å²) in [4.78, 5) is 9.27. The Hall–Kier alpha value is -1.37. The second-order valence-electron chi connectivity index (χ2n) is 4.80. The summed E-state index contributed by atoms with van der Waals surface area (Å²) in [5.74, 6) is 0.317. The summed E-state index contributed by atoms with van der Waals surface area (Å²) >= 11 is 0. The van der Waals surface area contributed by atoms with Crippen molar-refractivity contribution in [3.8, 4) is 6.01 Å². The van der Waals surface area contributed by atoms with E-state index in [-0.39, 0.29) is 6.01 Å². The monoisotopic (exact) mass is 275 g/mol. The molecule has 2 rings (SSSR count). The third kappa shape index (κ3) is 4.05. The molecule has 0 amide bonds. The maximum absolute atomic E-state index is 12.5. The summed E-state index contributed by atoms with van der Waals surface area (Å²) in [5.41, 5.74) is -0.974. The number of rotatable bonds is 3. The highest BCUT2D eigenvalue weighted by atomic mass is 19.4. The normalized spacial score (nSPS) is 21.4. The first-order chi connectivity index (χ1) is 8.95. The van der Waals surface area contributed by atoms with Crippen molar-refractivity contribution in [2.75, 3.05) is 26.7 Å². The van der Waals surface area contributed by atoms with Gasteiger partial charge in [-0.15, -0.1) is 0 Å². The van der Waals surface area contributed by atoms with E-state index >= 15 is 0 Å². The number of piperidine rings is 1. The molecule has 4 nitrogen and oxygen atoms in total. The molecule has 1 saturated heterocycles. The molecule has 0 spiro atoms. The van der Waals surface area contributed by atoms with Crippen molar-refractivity contribution in [3.05, 3.63) is 18.0 Å². The first-order valence-corrected chi connectivity index (χ1v) is 6.17. The fourth-order valence-electron chi connectivity index (χ4n) is 2.17. The van der Waals surface area contributed by atoms with Crippen molar-refractivity contribution in [2.45, 2.75) is 19.0 Å². The van der Waals surface area contributed by atoms with Gasteiger partial charge in [0, 0.05) is 18.7 Å². The van der Waals surface area contributed by atoms with E-state index in [4.69, 9.17) is 4.74 Å². The SMILES string of the molecule is CN1CCCC(COc2nccc(C(F)(F)F)n2)C1. The summed E-state index contributed by atoms with van der Waals surface area (Å²) in [6.45, 7) is 2.29. The molecular weight excluding hydrogens is 259 g/mol. The minimum absolute atomic E-state index is 0.206. The number of likely N-dealkylation sites (tertiary alicyclic amines) is 1. The number of nitrogens with zero attached hydrogens (tertiary/aromatic N) is 3. The van der Waals surface area contributed by atoms with E-state index in [0.29, 0.717) is 12.5 Å². The minimum Gasteiger partial charge on any atom is -0.463 e. The molecule has 7 heteroatoms. The molecule has 1 aromatic rings. The zero-order valence-corrected chi connectivity index (χ0v) is 10.7. The molecule has 1 atom stereocenters. The molecule has 2 heterocycles. The van der Waals surface area contributed by atoms with E-state index in [1.807, 2.05) is 7.05 Å². The van der Waals surface area contributed by atoms with Gasteiger partial charge < -0.3 is 9.64 Å². The zero-order chi connectivity index (χ0) is 13.9. The summed E-state index contributed by atoms with van der Waals surface area (Å²) in [6.07, 6.45) is -1.30. The molecule has 19 heavy (non-hydrogen) atoms. The van der Waals surface area contributed by atoms with Crippen molar-refractivity contribution < 1.29 is 17.9 Å². The van der Waals surface area contributed by atoms with E-state index in [0.717, 1.165) is 38.2 Å². The quantitative estimate of drug-likeness (QED) is 0.847.